The highest BCUT2D eigenvalue weighted by atomic mass is 32.1. The van der Waals surface area contributed by atoms with E-state index in [-0.39, 0.29) is 17.1 Å². The molecular formula is C12H19N3O3S. The number of thiol groups is 1. The van der Waals surface area contributed by atoms with Crippen molar-refractivity contribution in [3.63, 3.8) is 0 Å². The Morgan fingerprint density at radius 2 is 2.21 bits per heavy atom. The van der Waals surface area contributed by atoms with Crippen LogP contribution in [0.4, 0.5) is 0 Å². The van der Waals surface area contributed by atoms with Crippen LogP contribution in [0.2, 0.25) is 0 Å². The Kier molecular flexibility index (Phi) is 6.41. The number of carbonyl (C=O) groups is 3. The first kappa shape index (κ1) is 15.6. The summed E-state index contributed by atoms with van der Waals surface area (Å²) in [6.45, 7) is 4.48. The van der Waals surface area contributed by atoms with Crippen molar-refractivity contribution in [2.45, 2.75) is 37.4 Å². The molecule has 106 valence electrons. The highest BCUT2D eigenvalue weighted by molar-refractivity contribution is 7.81. The number of amides is 3. The molecule has 1 atom stereocenters. The number of hydrazine groups is 1. The molecule has 3 amide bonds. The van der Waals surface area contributed by atoms with Crippen molar-refractivity contribution in [1.82, 2.24) is 15.8 Å². The molecule has 1 unspecified atom stereocenters. The van der Waals surface area contributed by atoms with E-state index in [1.54, 1.807) is 4.90 Å². The first-order chi connectivity index (χ1) is 9.06. The second kappa shape index (κ2) is 7.83. The van der Waals surface area contributed by atoms with Crippen LogP contribution in [-0.2, 0) is 14.4 Å². The van der Waals surface area contributed by atoms with Crippen LogP contribution in [0, 0.1) is 0 Å². The van der Waals surface area contributed by atoms with Gasteiger partial charge in [-0.05, 0) is 12.8 Å². The van der Waals surface area contributed by atoms with Crippen LogP contribution < -0.4 is 10.9 Å². The Morgan fingerprint density at radius 1 is 1.47 bits per heavy atom. The molecule has 0 aliphatic carbocycles. The van der Waals surface area contributed by atoms with Gasteiger partial charge in [-0.1, -0.05) is 13.0 Å². The fraction of sp³-hybridized carbons (Fsp3) is 0.583. The maximum Gasteiger partial charge on any atom is 0.239 e. The van der Waals surface area contributed by atoms with Crippen molar-refractivity contribution in [3.05, 3.63) is 12.3 Å². The van der Waals surface area contributed by atoms with E-state index in [1.807, 2.05) is 0 Å². The summed E-state index contributed by atoms with van der Waals surface area (Å²) in [6, 6.07) is 0. The average molecular weight is 285 g/mol. The predicted molar refractivity (Wildman–Crippen MR) is 74.1 cm³/mol. The first-order valence-corrected chi connectivity index (χ1v) is 6.73. The fourth-order valence-electron chi connectivity index (χ4n) is 1.93. The zero-order chi connectivity index (χ0) is 14.3. The molecule has 1 saturated heterocycles. The lowest BCUT2D eigenvalue weighted by molar-refractivity contribution is -0.126. The highest BCUT2D eigenvalue weighted by Crippen LogP contribution is 2.25. The predicted octanol–water partition coefficient (Wildman–Crippen LogP) is 0.368. The van der Waals surface area contributed by atoms with Gasteiger partial charge in [-0.15, -0.1) is 0 Å². The summed E-state index contributed by atoms with van der Waals surface area (Å²) >= 11 is 4.19. The molecule has 1 heterocycles. The van der Waals surface area contributed by atoms with E-state index in [0.29, 0.717) is 32.2 Å². The molecule has 0 aromatic rings. The number of rotatable bonds is 8. The first-order valence-electron chi connectivity index (χ1n) is 6.21. The maximum atomic E-state index is 11.7. The third-order valence-corrected chi connectivity index (χ3v) is 3.32. The van der Waals surface area contributed by atoms with Crippen LogP contribution in [0.25, 0.3) is 0 Å². The lowest BCUT2D eigenvalue weighted by Crippen LogP contribution is -2.36. The lowest BCUT2D eigenvalue weighted by atomic mass is 10.2. The number of unbranched alkanes of at least 4 members (excludes halogenated alkanes) is 2. The monoisotopic (exact) mass is 285 g/mol. The Bertz CT molecular complexity index is 373. The van der Waals surface area contributed by atoms with Crippen molar-refractivity contribution >= 4 is 30.9 Å². The smallest absolute Gasteiger partial charge is 0.239 e. The van der Waals surface area contributed by atoms with E-state index in [2.05, 4.69) is 30.1 Å². The minimum atomic E-state index is -0.257. The summed E-state index contributed by atoms with van der Waals surface area (Å²) in [5.74, 6) is -0.203. The van der Waals surface area contributed by atoms with Crippen LogP contribution in [0.3, 0.4) is 0 Å². The standard InChI is InChI=1S/C12H19N3O3S/c1-9-7-10(19)12(18)15(9)6-4-2-3-5-11(17)14-13-8-16/h8,10,19H,1-7H2,(H,13,16)(H,14,17). The zero-order valence-electron chi connectivity index (χ0n) is 10.7. The van der Waals surface area contributed by atoms with Crippen molar-refractivity contribution in [2.75, 3.05) is 6.54 Å². The third kappa shape index (κ3) is 4.94. The van der Waals surface area contributed by atoms with E-state index < -0.39 is 0 Å². The summed E-state index contributed by atoms with van der Waals surface area (Å²) in [5, 5.41) is -0.257. The molecule has 0 bridgehead atoms. The van der Waals surface area contributed by atoms with Crippen molar-refractivity contribution in [1.29, 1.82) is 0 Å². The molecule has 1 aliphatic rings. The molecule has 1 rings (SSSR count). The number of carbonyl (C=O) groups excluding carboxylic acids is 3. The minimum absolute atomic E-state index is 0.0151. The molecule has 0 saturated carbocycles. The van der Waals surface area contributed by atoms with Crippen molar-refractivity contribution in [3.8, 4) is 0 Å². The molecule has 2 N–H and O–H groups in total. The Labute approximate surface area is 118 Å². The number of hydrogen-bond donors (Lipinski definition) is 3. The number of hydrogen-bond acceptors (Lipinski definition) is 4. The second-order valence-electron chi connectivity index (χ2n) is 4.40. The van der Waals surface area contributed by atoms with Gasteiger partial charge in [0.15, 0.2) is 0 Å². The van der Waals surface area contributed by atoms with Crippen LogP contribution in [0.5, 0.6) is 0 Å². The van der Waals surface area contributed by atoms with Gasteiger partial charge in [0, 0.05) is 25.1 Å². The fourth-order valence-corrected chi connectivity index (χ4v) is 2.28. The van der Waals surface area contributed by atoms with Crippen LogP contribution in [0.1, 0.15) is 32.1 Å². The molecule has 7 heteroatoms. The van der Waals surface area contributed by atoms with Gasteiger partial charge in [0.2, 0.25) is 18.2 Å². The average Bonchev–Trinajstić information content (AvgIpc) is 2.62. The maximum absolute atomic E-state index is 11.7. The van der Waals surface area contributed by atoms with Gasteiger partial charge in [0.25, 0.3) is 0 Å². The summed E-state index contributed by atoms with van der Waals surface area (Å²) < 4.78 is 0. The second-order valence-corrected chi connectivity index (χ2v) is 5.02. The molecular weight excluding hydrogens is 266 g/mol. The Hall–Kier alpha value is -1.50. The van der Waals surface area contributed by atoms with E-state index in [4.69, 9.17) is 0 Å². The topological polar surface area (TPSA) is 78.5 Å². The van der Waals surface area contributed by atoms with Crippen LogP contribution in [0.15, 0.2) is 12.3 Å². The van der Waals surface area contributed by atoms with Gasteiger partial charge in [0.1, 0.15) is 0 Å². The van der Waals surface area contributed by atoms with E-state index >= 15 is 0 Å². The summed E-state index contributed by atoms with van der Waals surface area (Å²) in [7, 11) is 0. The zero-order valence-corrected chi connectivity index (χ0v) is 11.6. The molecule has 0 aromatic heterocycles. The number of nitrogens with one attached hydrogen (secondary N) is 2. The van der Waals surface area contributed by atoms with Gasteiger partial charge in [0.05, 0.1) is 5.25 Å². The SMILES string of the molecule is C=C1CC(S)C(=O)N1CCCCCC(=O)NNC=O. The molecule has 6 nitrogen and oxygen atoms in total. The minimum Gasteiger partial charge on any atom is -0.316 e. The van der Waals surface area contributed by atoms with E-state index in [9.17, 15) is 14.4 Å². The third-order valence-electron chi connectivity index (χ3n) is 2.92. The Morgan fingerprint density at radius 3 is 2.79 bits per heavy atom. The highest BCUT2D eigenvalue weighted by Gasteiger charge is 2.31. The van der Waals surface area contributed by atoms with Gasteiger partial charge in [-0.25, -0.2) is 0 Å². The Balaban J connectivity index is 2.11. The molecule has 19 heavy (non-hydrogen) atoms. The van der Waals surface area contributed by atoms with Crippen molar-refractivity contribution in [2.24, 2.45) is 0 Å². The van der Waals surface area contributed by atoms with Crippen LogP contribution >= 0.6 is 12.6 Å². The van der Waals surface area contributed by atoms with Gasteiger partial charge in [-0.3, -0.25) is 25.2 Å². The number of allylic oxidation sites excluding steroid dienone is 1. The van der Waals surface area contributed by atoms with Crippen molar-refractivity contribution < 1.29 is 14.4 Å². The molecule has 1 aliphatic heterocycles. The van der Waals surface area contributed by atoms with Gasteiger partial charge in [-0.2, -0.15) is 12.6 Å². The number of likely N-dealkylation sites (tertiary alicyclic amines) is 1. The molecule has 0 aromatic carbocycles. The summed E-state index contributed by atoms with van der Waals surface area (Å²) in [4.78, 5) is 34.5. The normalized spacial score (nSPS) is 18.6. The van der Waals surface area contributed by atoms with E-state index in [0.717, 1.165) is 18.5 Å². The van der Waals surface area contributed by atoms with Gasteiger partial charge < -0.3 is 4.90 Å². The van der Waals surface area contributed by atoms with Gasteiger partial charge >= 0.3 is 0 Å². The number of nitrogens with zero attached hydrogens (tertiary/aromatic N) is 1. The summed E-state index contributed by atoms with van der Waals surface area (Å²) in [6.07, 6.45) is 3.75. The quantitative estimate of drug-likeness (QED) is 0.261. The van der Waals surface area contributed by atoms with Crippen LogP contribution in [-0.4, -0.2) is 34.9 Å². The largest absolute Gasteiger partial charge is 0.316 e. The molecule has 1 fully saturated rings. The molecule has 0 spiro atoms. The van der Waals surface area contributed by atoms with E-state index in [1.165, 1.54) is 0 Å². The molecule has 0 radical (unpaired) electrons. The lowest BCUT2D eigenvalue weighted by Gasteiger charge is -2.16. The summed E-state index contributed by atoms with van der Waals surface area (Å²) in [5.41, 5.74) is 5.15.